The number of rotatable bonds is 8. The molecule has 21 heavy (non-hydrogen) atoms. The highest BCUT2D eigenvalue weighted by atomic mass is 32.2. The van der Waals surface area contributed by atoms with Gasteiger partial charge < -0.3 is 4.74 Å². The van der Waals surface area contributed by atoms with E-state index in [1.54, 1.807) is 16.4 Å². The Morgan fingerprint density at radius 1 is 1.29 bits per heavy atom. The van der Waals surface area contributed by atoms with Gasteiger partial charge in [-0.25, -0.2) is 0 Å². The Balaban J connectivity index is 1.77. The maximum atomic E-state index is 11.2. The van der Waals surface area contributed by atoms with Crippen molar-refractivity contribution in [1.82, 2.24) is 20.2 Å². The lowest BCUT2D eigenvalue weighted by Gasteiger charge is -2.04. The first kappa shape index (κ1) is 15.5. The van der Waals surface area contributed by atoms with Gasteiger partial charge in [0.25, 0.3) is 0 Å². The normalized spacial score (nSPS) is 10.5. The minimum absolute atomic E-state index is 0.128. The van der Waals surface area contributed by atoms with Crippen LogP contribution in [0.4, 0.5) is 0 Å². The molecular formula is C14H18N4O2S. The smallest absolute Gasteiger partial charge is 0.305 e. The van der Waals surface area contributed by atoms with Crippen molar-refractivity contribution < 1.29 is 9.53 Å². The molecule has 0 spiro atoms. The number of carbonyl (C=O) groups excluding carboxylic acids is 1. The quantitative estimate of drug-likeness (QED) is 0.424. The molecule has 1 aromatic heterocycles. The van der Waals surface area contributed by atoms with E-state index in [0.29, 0.717) is 13.0 Å². The van der Waals surface area contributed by atoms with Gasteiger partial charge in [-0.05, 0) is 42.3 Å². The molecule has 0 aliphatic carbocycles. The largest absolute Gasteiger partial charge is 0.466 e. The molecule has 0 N–H and O–H groups in total. The Labute approximate surface area is 127 Å². The van der Waals surface area contributed by atoms with Crippen LogP contribution in [0.15, 0.2) is 35.5 Å². The monoisotopic (exact) mass is 306 g/mol. The van der Waals surface area contributed by atoms with Gasteiger partial charge in [0.05, 0.1) is 12.3 Å². The van der Waals surface area contributed by atoms with Crippen LogP contribution in [0.1, 0.15) is 26.2 Å². The van der Waals surface area contributed by atoms with Crippen LogP contribution in [-0.2, 0) is 9.53 Å². The van der Waals surface area contributed by atoms with Crippen LogP contribution in [0.5, 0.6) is 0 Å². The van der Waals surface area contributed by atoms with E-state index in [9.17, 15) is 4.79 Å². The molecule has 0 saturated carbocycles. The minimum Gasteiger partial charge on any atom is -0.466 e. The zero-order chi connectivity index (χ0) is 14.9. The first-order valence-corrected chi connectivity index (χ1v) is 7.92. The Hall–Kier alpha value is -1.89. The van der Waals surface area contributed by atoms with E-state index < -0.39 is 0 Å². The average Bonchev–Trinajstić information content (AvgIpc) is 2.96. The fraction of sp³-hybridized carbons (Fsp3) is 0.429. The Morgan fingerprint density at radius 2 is 2.10 bits per heavy atom. The number of unbranched alkanes of at least 4 members (excludes halogenated alkanes) is 1. The number of benzene rings is 1. The van der Waals surface area contributed by atoms with Crippen LogP contribution < -0.4 is 0 Å². The highest BCUT2D eigenvalue weighted by Gasteiger charge is 2.08. The molecule has 0 bridgehead atoms. The molecule has 0 saturated heterocycles. The molecule has 1 aromatic carbocycles. The van der Waals surface area contributed by atoms with Crippen LogP contribution in [0.25, 0.3) is 5.69 Å². The average molecular weight is 306 g/mol. The van der Waals surface area contributed by atoms with Crippen LogP contribution in [0.3, 0.4) is 0 Å². The standard InChI is InChI=1S/C14H18N4O2S/c1-2-20-13(19)10-6-7-11-21-14-15-16-17-18(14)12-8-4-3-5-9-12/h3-5,8-9H,2,6-7,10-11H2,1H3. The fourth-order valence-electron chi connectivity index (χ4n) is 1.77. The summed E-state index contributed by atoms with van der Waals surface area (Å²) in [6.45, 7) is 2.26. The second-order valence-electron chi connectivity index (χ2n) is 4.32. The Morgan fingerprint density at radius 3 is 2.86 bits per heavy atom. The van der Waals surface area contributed by atoms with Gasteiger partial charge in [-0.3, -0.25) is 4.79 Å². The van der Waals surface area contributed by atoms with Crippen LogP contribution in [0.2, 0.25) is 0 Å². The molecule has 0 aliphatic heterocycles. The number of para-hydroxylation sites is 1. The highest BCUT2D eigenvalue weighted by Crippen LogP contribution is 2.19. The number of ether oxygens (including phenoxy) is 1. The van der Waals surface area contributed by atoms with Crippen molar-refractivity contribution in [2.75, 3.05) is 12.4 Å². The van der Waals surface area contributed by atoms with Gasteiger partial charge in [-0.1, -0.05) is 30.0 Å². The highest BCUT2D eigenvalue weighted by molar-refractivity contribution is 7.99. The number of hydrogen-bond donors (Lipinski definition) is 0. The third-order valence-corrected chi connectivity index (χ3v) is 3.76. The van der Waals surface area contributed by atoms with Crippen LogP contribution in [0, 0.1) is 0 Å². The van der Waals surface area contributed by atoms with Crippen molar-refractivity contribution >= 4 is 17.7 Å². The Bertz CT molecular complexity index is 559. The predicted octanol–water partition coefficient (Wildman–Crippen LogP) is 2.49. The lowest BCUT2D eigenvalue weighted by Crippen LogP contribution is -2.03. The summed E-state index contributed by atoms with van der Waals surface area (Å²) in [5.74, 6) is 0.740. The summed E-state index contributed by atoms with van der Waals surface area (Å²) in [4.78, 5) is 11.2. The van der Waals surface area contributed by atoms with E-state index in [2.05, 4.69) is 15.5 Å². The fourth-order valence-corrected chi connectivity index (χ4v) is 2.66. The number of esters is 1. The summed E-state index contributed by atoms with van der Waals surface area (Å²) in [5, 5.41) is 12.5. The summed E-state index contributed by atoms with van der Waals surface area (Å²) < 4.78 is 6.61. The molecule has 2 rings (SSSR count). The molecule has 6 nitrogen and oxygen atoms in total. The minimum atomic E-state index is -0.128. The van der Waals surface area contributed by atoms with Gasteiger partial charge in [-0.2, -0.15) is 4.68 Å². The molecule has 0 radical (unpaired) electrons. The molecule has 0 aliphatic rings. The molecule has 0 fully saturated rings. The SMILES string of the molecule is CCOC(=O)CCCCSc1nnnn1-c1ccccc1. The summed E-state index contributed by atoms with van der Waals surface area (Å²) in [5.41, 5.74) is 0.941. The zero-order valence-electron chi connectivity index (χ0n) is 11.9. The van der Waals surface area contributed by atoms with Gasteiger partial charge in [0.1, 0.15) is 0 Å². The van der Waals surface area contributed by atoms with E-state index in [1.165, 1.54) is 0 Å². The predicted molar refractivity (Wildman–Crippen MR) is 80.4 cm³/mol. The number of hydrogen-bond acceptors (Lipinski definition) is 6. The maximum Gasteiger partial charge on any atom is 0.305 e. The molecule has 7 heteroatoms. The summed E-state index contributed by atoms with van der Waals surface area (Å²) in [7, 11) is 0. The van der Waals surface area contributed by atoms with Crippen molar-refractivity contribution in [2.24, 2.45) is 0 Å². The van der Waals surface area contributed by atoms with Crippen molar-refractivity contribution in [1.29, 1.82) is 0 Å². The van der Waals surface area contributed by atoms with Gasteiger partial charge in [0.15, 0.2) is 0 Å². The number of nitrogens with zero attached hydrogens (tertiary/aromatic N) is 4. The van der Waals surface area contributed by atoms with Crippen molar-refractivity contribution in [2.45, 2.75) is 31.3 Å². The van der Waals surface area contributed by atoms with E-state index in [-0.39, 0.29) is 5.97 Å². The Kier molecular flexibility index (Phi) is 6.21. The molecule has 1 heterocycles. The molecule has 0 amide bonds. The third kappa shape index (κ3) is 4.86. The number of aromatic nitrogens is 4. The summed E-state index contributed by atoms with van der Waals surface area (Å²) in [6, 6.07) is 9.77. The number of tetrazole rings is 1. The van der Waals surface area contributed by atoms with E-state index in [0.717, 1.165) is 29.4 Å². The van der Waals surface area contributed by atoms with Crippen molar-refractivity contribution in [3.63, 3.8) is 0 Å². The van der Waals surface area contributed by atoms with E-state index in [4.69, 9.17) is 4.74 Å². The molecule has 0 unspecified atom stereocenters. The molecule has 2 aromatic rings. The summed E-state index contributed by atoms with van der Waals surface area (Å²) >= 11 is 1.59. The maximum absolute atomic E-state index is 11.2. The van der Waals surface area contributed by atoms with E-state index in [1.807, 2.05) is 37.3 Å². The first-order chi connectivity index (χ1) is 10.3. The number of thioether (sulfide) groups is 1. The van der Waals surface area contributed by atoms with Gasteiger partial charge in [0.2, 0.25) is 5.16 Å². The van der Waals surface area contributed by atoms with Gasteiger partial charge >= 0.3 is 5.97 Å². The van der Waals surface area contributed by atoms with Gasteiger partial charge in [-0.15, -0.1) is 5.10 Å². The van der Waals surface area contributed by atoms with Crippen molar-refractivity contribution in [3.8, 4) is 5.69 Å². The lowest BCUT2D eigenvalue weighted by molar-refractivity contribution is -0.143. The van der Waals surface area contributed by atoms with Crippen molar-refractivity contribution in [3.05, 3.63) is 30.3 Å². The third-order valence-electron chi connectivity index (χ3n) is 2.75. The van der Waals surface area contributed by atoms with Gasteiger partial charge in [0, 0.05) is 12.2 Å². The molecule has 112 valence electrons. The number of carbonyl (C=O) groups is 1. The molecular weight excluding hydrogens is 288 g/mol. The van der Waals surface area contributed by atoms with Crippen LogP contribution in [-0.4, -0.2) is 38.5 Å². The first-order valence-electron chi connectivity index (χ1n) is 6.93. The molecule has 0 atom stereocenters. The summed E-state index contributed by atoms with van der Waals surface area (Å²) in [6.07, 6.45) is 2.21. The second kappa shape index (κ2) is 8.41. The topological polar surface area (TPSA) is 69.9 Å². The lowest BCUT2D eigenvalue weighted by atomic mass is 10.2. The van der Waals surface area contributed by atoms with Crippen LogP contribution >= 0.6 is 11.8 Å². The van der Waals surface area contributed by atoms with E-state index >= 15 is 0 Å². The zero-order valence-corrected chi connectivity index (χ0v) is 12.8. The second-order valence-corrected chi connectivity index (χ2v) is 5.38.